The first kappa shape index (κ1) is 16.1. The molecule has 1 aliphatic heterocycles. The molecule has 1 saturated carbocycles. The highest BCUT2D eigenvalue weighted by molar-refractivity contribution is 6.06. The Morgan fingerprint density at radius 3 is 2.28 bits per heavy atom. The number of hydrazone groups is 1. The molecule has 1 aromatic rings. The SMILES string of the molecule is CC(C)(C)Oc1ccccc1C=NN1C(=O)[C@@H]2[C@H](C1=O)[C@H]1C=C[C@H]2C1. The second-order valence-electron chi connectivity index (χ2n) is 7.98. The molecule has 0 unspecified atom stereocenters. The number of benzene rings is 1. The van der Waals surface area contributed by atoms with Gasteiger partial charge in [0.05, 0.1) is 18.1 Å². The van der Waals surface area contributed by atoms with Gasteiger partial charge in [0.15, 0.2) is 0 Å². The molecular formula is C20H22N2O3. The molecule has 5 heteroatoms. The van der Waals surface area contributed by atoms with E-state index in [2.05, 4.69) is 17.3 Å². The van der Waals surface area contributed by atoms with Crippen LogP contribution in [0.5, 0.6) is 5.75 Å². The van der Waals surface area contributed by atoms with Crippen molar-refractivity contribution in [3.05, 3.63) is 42.0 Å². The lowest BCUT2D eigenvalue weighted by Crippen LogP contribution is -2.28. The lowest BCUT2D eigenvalue weighted by Gasteiger charge is -2.22. The maximum atomic E-state index is 12.6. The average Bonchev–Trinajstić information content (AvgIpc) is 3.21. The number of hydrogen-bond acceptors (Lipinski definition) is 4. The predicted octanol–water partition coefficient (Wildman–Crippen LogP) is 3.00. The molecule has 1 aromatic carbocycles. The van der Waals surface area contributed by atoms with Gasteiger partial charge in [-0.25, -0.2) is 0 Å². The van der Waals surface area contributed by atoms with Gasteiger partial charge >= 0.3 is 0 Å². The van der Waals surface area contributed by atoms with Crippen molar-refractivity contribution in [3.8, 4) is 5.75 Å². The summed E-state index contributed by atoms with van der Waals surface area (Å²) < 4.78 is 5.93. The first-order valence-electron chi connectivity index (χ1n) is 8.73. The Balaban J connectivity index is 1.58. The van der Waals surface area contributed by atoms with Crippen molar-refractivity contribution in [3.63, 3.8) is 0 Å². The fraction of sp³-hybridized carbons (Fsp3) is 0.450. The van der Waals surface area contributed by atoms with Gasteiger partial charge in [0, 0.05) is 5.56 Å². The molecular weight excluding hydrogens is 316 g/mol. The highest BCUT2D eigenvalue weighted by Crippen LogP contribution is 2.52. The van der Waals surface area contributed by atoms with E-state index < -0.39 is 0 Å². The molecule has 2 fully saturated rings. The summed E-state index contributed by atoms with van der Waals surface area (Å²) >= 11 is 0. The molecule has 4 atom stereocenters. The number of hydrogen-bond donors (Lipinski definition) is 0. The minimum Gasteiger partial charge on any atom is -0.487 e. The third-order valence-electron chi connectivity index (χ3n) is 5.09. The minimum absolute atomic E-state index is 0.169. The van der Waals surface area contributed by atoms with Crippen molar-refractivity contribution in [2.24, 2.45) is 28.8 Å². The van der Waals surface area contributed by atoms with Crippen LogP contribution in [0.3, 0.4) is 0 Å². The van der Waals surface area contributed by atoms with Crippen LogP contribution in [-0.2, 0) is 9.59 Å². The average molecular weight is 338 g/mol. The van der Waals surface area contributed by atoms with Gasteiger partial charge in [-0.1, -0.05) is 24.3 Å². The van der Waals surface area contributed by atoms with Gasteiger partial charge in [-0.2, -0.15) is 10.1 Å². The van der Waals surface area contributed by atoms with Crippen LogP contribution < -0.4 is 4.74 Å². The number of carbonyl (C=O) groups is 2. The Bertz CT molecular complexity index is 760. The Morgan fingerprint density at radius 1 is 1.08 bits per heavy atom. The summed E-state index contributed by atoms with van der Waals surface area (Å²) in [4.78, 5) is 25.3. The van der Waals surface area contributed by atoms with Crippen LogP contribution in [0.1, 0.15) is 32.8 Å². The van der Waals surface area contributed by atoms with Crippen molar-refractivity contribution >= 4 is 18.0 Å². The second-order valence-corrected chi connectivity index (χ2v) is 7.98. The van der Waals surface area contributed by atoms with E-state index in [1.807, 2.05) is 45.0 Å². The van der Waals surface area contributed by atoms with Gasteiger partial charge in [-0.3, -0.25) is 9.59 Å². The molecule has 4 rings (SSSR count). The largest absolute Gasteiger partial charge is 0.487 e. The van der Waals surface area contributed by atoms with Gasteiger partial charge in [0.2, 0.25) is 0 Å². The molecule has 2 bridgehead atoms. The van der Waals surface area contributed by atoms with E-state index in [1.165, 1.54) is 0 Å². The number of amides is 2. The summed E-state index contributed by atoms with van der Waals surface area (Å²) in [6, 6.07) is 7.49. The normalized spacial score (nSPS) is 30.6. The van der Waals surface area contributed by atoms with Crippen LogP contribution in [0, 0.1) is 23.7 Å². The van der Waals surface area contributed by atoms with Gasteiger partial charge in [0.1, 0.15) is 11.4 Å². The fourth-order valence-electron chi connectivity index (χ4n) is 4.13. The molecule has 130 valence electrons. The van der Waals surface area contributed by atoms with E-state index in [-0.39, 0.29) is 41.1 Å². The van der Waals surface area contributed by atoms with Crippen LogP contribution >= 0.6 is 0 Å². The van der Waals surface area contributed by atoms with E-state index >= 15 is 0 Å². The molecule has 0 radical (unpaired) electrons. The minimum atomic E-state index is -0.342. The van der Waals surface area contributed by atoms with Crippen molar-refractivity contribution < 1.29 is 14.3 Å². The number of imide groups is 1. The monoisotopic (exact) mass is 338 g/mol. The molecule has 0 N–H and O–H groups in total. The number of rotatable bonds is 3. The van der Waals surface area contributed by atoms with E-state index in [1.54, 1.807) is 6.21 Å². The van der Waals surface area contributed by atoms with Crippen LogP contribution in [0.2, 0.25) is 0 Å². The summed E-state index contributed by atoms with van der Waals surface area (Å²) in [5.74, 6) is 0.294. The third kappa shape index (κ3) is 2.68. The zero-order valence-electron chi connectivity index (χ0n) is 14.7. The number of fused-ring (bicyclic) bond motifs is 5. The predicted molar refractivity (Wildman–Crippen MR) is 94.0 cm³/mol. The topological polar surface area (TPSA) is 59.0 Å². The molecule has 5 nitrogen and oxygen atoms in total. The van der Waals surface area contributed by atoms with Gasteiger partial charge in [-0.15, -0.1) is 0 Å². The fourth-order valence-corrected chi connectivity index (χ4v) is 4.13. The molecule has 2 aliphatic carbocycles. The lowest BCUT2D eigenvalue weighted by molar-refractivity contribution is -0.140. The summed E-state index contributed by atoms with van der Waals surface area (Å²) in [5, 5.41) is 5.29. The first-order valence-corrected chi connectivity index (χ1v) is 8.73. The highest BCUT2D eigenvalue weighted by atomic mass is 16.5. The van der Waals surface area contributed by atoms with Crippen LogP contribution in [0.25, 0.3) is 0 Å². The standard InChI is InChI=1S/C20H22N2O3/c1-20(2,3)25-15-7-5-4-6-14(15)11-21-22-18(23)16-12-8-9-13(10-12)17(16)19(22)24/h4-9,11-13,16-17H,10H2,1-3H3/t12-,13-,16-,17+/m0/s1. The number of para-hydroxylation sites is 1. The van der Waals surface area contributed by atoms with Crippen molar-refractivity contribution in [2.45, 2.75) is 32.8 Å². The molecule has 3 aliphatic rings. The van der Waals surface area contributed by atoms with Crippen LogP contribution in [0.15, 0.2) is 41.5 Å². The number of carbonyl (C=O) groups excluding carboxylic acids is 2. The van der Waals surface area contributed by atoms with Crippen LogP contribution in [0.4, 0.5) is 0 Å². The number of nitrogens with zero attached hydrogens (tertiary/aromatic N) is 2. The Kier molecular flexibility index (Phi) is 3.56. The molecule has 0 aromatic heterocycles. The van der Waals surface area contributed by atoms with E-state index in [0.29, 0.717) is 5.75 Å². The molecule has 0 spiro atoms. The molecule has 2 amide bonds. The quantitative estimate of drug-likeness (QED) is 0.484. The zero-order valence-corrected chi connectivity index (χ0v) is 14.7. The summed E-state index contributed by atoms with van der Waals surface area (Å²) in [7, 11) is 0. The Labute approximate surface area is 147 Å². The van der Waals surface area contributed by atoms with E-state index in [4.69, 9.17) is 4.74 Å². The molecule has 1 saturated heterocycles. The van der Waals surface area contributed by atoms with E-state index in [9.17, 15) is 9.59 Å². The van der Waals surface area contributed by atoms with Gasteiger partial charge in [-0.05, 0) is 51.2 Å². The van der Waals surface area contributed by atoms with Gasteiger partial charge < -0.3 is 4.74 Å². The van der Waals surface area contributed by atoms with Crippen molar-refractivity contribution in [1.29, 1.82) is 0 Å². The van der Waals surface area contributed by atoms with Crippen LogP contribution in [-0.4, -0.2) is 28.6 Å². The number of ether oxygens (including phenoxy) is 1. The van der Waals surface area contributed by atoms with Gasteiger partial charge in [0.25, 0.3) is 11.8 Å². The van der Waals surface area contributed by atoms with Crippen molar-refractivity contribution in [2.75, 3.05) is 0 Å². The summed E-state index contributed by atoms with van der Waals surface area (Å²) in [6.07, 6.45) is 6.63. The third-order valence-corrected chi connectivity index (χ3v) is 5.09. The smallest absolute Gasteiger partial charge is 0.254 e. The van der Waals surface area contributed by atoms with Crippen molar-refractivity contribution in [1.82, 2.24) is 5.01 Å². The highest BCUT2D eigenvalue weighted by Gasteiger charge is 2.59. The zero-order chi connectivity index (χ0) is 17.8. The number of allylic oxidation sites excluding steroid dienone is 2. The second kappa shape index (κ2) is 5.55. The molecule has 25 heavy (non-hydrogen) atoms. The summed E-state index contributed by atoms with van der Waals surface area (Å²) in [6.45, 7) is 5.91. The maximum absolute atomic E-state index is 12.6. The maximum Gasteiger partial charge on any atom is 0.254 e. The first-order chi connectivity index (χ1) is 11.8. The lowest BCUT2D eigenvalue weighted by atomic mass is 9.85. The Morgan fingerprint density at radius 2 is 1.68 bits per heavy atom. The molecule has 1 heterocycles. The van der Waals surface area contributed by atoms with E-state index in [0.717, 1.165) is 17.0 Å². The summed E-state index contributed by atoms with van der Waals surface area (Å²) in [5.41, 5.74) is 0.404. The Hall–Kier alpha value is -2.43.